The maximum Gasteiger partial charge on any atom is 0.137 e. The molecule has 2 rings (SSSR count). The zero-order chi connectivity index (χ0) is 13.5. The van der Waals surface area contributed by atoms with Gasteiger partial charge in [0.2, 0.25) is 0 Å². The van der Waals surface area contributed by atoms with Gasteiger partial charge in [0, 0.05) is 23.8 Å². The third kappa shape index (κ3) is 4.29. The van der Waals surface area contributed by atoms with E-state index in [9.17, 15) is 4.39 Å². The fraction of sp³-hybridized carbons (Fsp3) is 0.286. The average molecular weight is 277 g/mol. The first-order valence-electron chi connectivity index (χ1n) is 6.22. The predicted molar refractivity (Wildman–Crippen MR) is 74.6 cm³/mol. The van der Waals surface area contributed by atoms with Crippen LogP contribution in [0, 0.1) is 5.82 Å². The molecule has 0 aliphatic heterocycles. The standard InChI is InChI=1S/C14H16FN3S/c1-2-5-16-9-11-3-4-13(12(15)8-11)19-14-10-17-6-7-18-14/h3-4,6-8,10,16H,2,5,9H2,1H3. The van der Waals surface area contributed by atoms with Crippen molar-refractivity contribution in [2.45, 2.75) is 29.8 Å². The van der Waals surface area contributed by atoms with Crippen molar-refractivity contribution in [3.8, 4) is 0 Å². The zero-order valence-corrected chi connectivity index (χ0v) is 11.6. The van der Waals surface area contributed by atoms with E-state index >= 15 is 0 Å². The molecule has 1 aromatic heterocycles. The highest BCUT2D eigenvalue weighted by Crippen LogP contribution is 2.28. The number of benzene rings is 1. The highest BCUT2D eigenvalue weighted by molar-refractivity contribution is 7.99. The monoisotopic (exact) mass is 277 g/mol. The molecule has 0 saturated carbocycles. The van der Waals surface area contributed by atoms with Gasteiger partial charge in [0.1, 0.15) is 10.8 Å². The molecule has 2 aromatic rings. The molecule has 0 spiro atoms. The van der Waals surface area contributed by atoms with Gasteiger partial charge in [-0.2, -0.15) is 0 Å². The van der Waals surface area contributed by atoms with Crippen molar-refractivity contribution in [1.29, 1.82) is 0 Å². The first kappa shape index (κ1) is 14.0. The van der Waals surface area contributed by atoms with Crippen LogP contribution in [0.5, 0.6) is 0 Å². The van der Waals surface area contributed by atoms with Gasteiger partial charge in [-0.15, -0.1) is 0 Å². The lowest BCUT2D eigenvalue weighted by Gasteiger charge is -2.06. The maximum atomic E-state index is 13.9. The highest BCUT2D eigenvalue weighted by Gasteiger charge is 2.06. The topological polar surface area (TPSA) is 37.8 Å². The Labute approximate surface area is 116 Å². The summed E-state index contributed by atoms with van der Waals surface area (Å²) in [7, 11) is 0. The van der Waals surface area contributed by atoms with E-state index < -0.39 is 0 Å². The molecule has 1 aromatic carbocycles. The SMILES string of the molecule is CCCNCc1ccc(Sc2cnccn2)c(F)c1. The number of nitrogens with zero attached hydrogens (tertiary/aromatic N) is 2. The maximum absolute atomic E-state index is 13.9. The summed E-state index contributed by atoms with van der Waals surface area (Å²) < 4.78 is 13.9. The molecule has 0 bridgehead atoms. The van der Waals surface area contributed by atoms with Gasteiger partial charge in [-0.25, -0.2) is 9.37 Å². The lowest BCUT2D eigenvalue weighted by atomic mass is 10.2. The average Bonchev–Trinajstić information content (AvgIpc) is 2.43. The van der Waals surface area contributed by atoms with E-state index in [4.69, 9.17) is 0 Å². The van der Waals surface area contributed by atoms with Crippen molar-refractivity contribution < 1.29 is 4.39 Å². The van der Waals surface area contributed by atoms with Crippen LogP contribution in [0.25, 0.3) is 0 Å². The minimum atomic E-state index is -0.216. The van der Waals surface area contributed by atoms with E-state index in [0.717, 1.165) is 18.5 Å². The molecule has 0 unspecified atom stereocenters. The number of hydrogen-bond acceptors (Lipinski definition) is 4. The Balaban J connectivity index is 2.03. The van der Waals surface area contributed by atoms with E-state index in [-0.39, 0.29) is 5.82 Å². The number of rotatable bonds is 6. The summed E-state index contributed by atoms with van der Waals surface area (Å²) in [6, 6.07) is 5.30. The second-order valence-corrected chi connectivity index (χ2v) is 5.15. The molecular weight excluding hydrogens is 261 g/mol. The molecule has 0 saturated heterocycles. The lowest BCUT2D eigenvalue weighted by Crippen LogP contribution is -2.13. The lowest BCUT2D eigenvalue weighted by molar-refractivity contribution is 0.595. The molecule has 0 aliphatic rings. The van der Waals surface area contributed by atoms with Crippen molar-refractivity contribution in [1.82, 2.24) is 15.3 Å². The molecule has 0 radical (unpaired) electrons. The van der Waals surface area contributed by atoms with Crippen molar-refractivity contribution >= 4 is 11.8 Å². The number of nitrogens with one attached hydrogen (secondary N) is 1. The van der Waals surface area contributed by atoms with Crippen LogP contribution in [0.15, 0.2) is 46.7 Å². The largest absolute Gasteiger partial charge is 0.313 e. The van der Waals surface area contributed by atoms with Gasteiger partial charge in [-0.05, 0) is 30.7 Å². The van der Waals surface area contributed by atoms with E-state index in [2.05, 4.69) is 22.2 Å². The molecule has 19 heavy (non-hydrogen) atoms. The van der Waals surface area contributed by atoms with Crippen LogP contribution in [0.4, 0.5) is 4.39 Å². The number of aromatic nitrogens is 2. The van der Waals surface area contributed by atoms with Crippen LogP contribution in [0.1, 0.15) is 18.9 Å². The van der Waals surface area contributed by atoms with Gasteiger partial charge >= 0.3 is 0 Å². The Bertz CT molecular complexity index is 519. The summed E-state index contributed by atoms with van der Waals surface area (Å²) >= 11 is 1.28. The quantitative estimate of drug-likeness (QED) is 0.822. The molecule has 0 amide bonds. The van der Waals surface area contributed by atoms with Gasteiger partial charge in [-0.1, -0.05) is 24.8 Å². The smallest absolute Gasteiger partial charge is 0.137 e. The molecule has 1 heterocycles. The van der Waals surface area contributed by atoms with E-state index in [1.807, 2.05) is 6.07 Å². The van der Waals surface area contributed by atoms with Crippen LogP contribution < -0.4 is 5.32 Å². The van der Waals surface area contributed by atoms with Crippen molar-refractivity contribution in [3.05, 3.63) is 48.2 Å². The Hall–Kier alpha value is -1.46. The third-order valence-corrected chi connectivity index (χ3v) is 3.48. The third-order valence-electron chi connectivity index (χ3n) is 2.51. The Kier molecular flexibility index (Phi) is 5.30. The van der Waals surface area contributed by atoms with Crippen LogP contribution in [0.3, 0.4) is 0 Å². The summed E-state index contributed by atoms with van der Waals surface area (Å²) in [5, 5.41) is 3.94. The van der Waals surface area contributed by atoms with Gasteiger partial charge in [0.05, 0.1) is 6.20 Å². The van der Waals surface area contributed by atoms with E-state index in [1.54, 1.807) is 30.7 Å². The second-order valence-electron chi connectivity index (χ2n) is 4.09. The molecule has 0 aliphatic carbocycles. The fourth-order valence-electron chi connectivity index (χ4n) is 1.60. The summed E-state index contributed by atoms with van der Waals surface area (Å²) in [4.78, 5) is 8.65. The second kappa shape index (κ2) is 7.21. The van der Waals surface area contributed by atoms with Crippen molar-refractivity contribution in [3.63, 3.8) is 0 Å². The minimum absolute atomic E-state index is 0.216. The normalized spacial score (nSPS) is 10.6. The molecule has 0 atom stereocenters. The first-order valence-corrected chi connectivity index (χ1v) is 7.04. The van der Waals surface area contributed by atoms with Crippen LogP contribution >= 0.6 is 11.8 Å². The predicted octanol–water partition coefficient (Wildman–Crippen LogP) is 3.27. The van der Waals surface area contributed by atoms with Crippen LogP contribution in [-0.4, -0.2) is 16.5 Å². The summed E-state index contributed by atoms with van der Waals surface area (Å²) in [5.74, 6) is -0.216. The molecule has 100 valence electrons. The molecular formula is C14H16FN3S. The summed E-state index contributed by atoms with van der Waals surface area (Å²) in [6.07, 6.45) is 5.90. The van der Waals surface area contributed by atoms with Crippen LogP contribution in [0.2, 0.25) is 0 Å². The van der Waals surface area contributed by atoms with Crippen molar-refractivity contribution in [2.75, 3.05) is 6.54 Å². The minimum Gasteiger partial charge on any atom is -0.313 e. The molecule has 3 nitrogen and oxygen atoms in total. The number of halogens is 1. The van der Waals surface area contributed by atoms with Crippen LogP contribution in [-0.2, 0) is 6.54 Å². The van der Waals surface area contributed by atoms with Gasteiger partial charge < -0.3 is 5.32 Å². The van der Waals surface area contributed by atoms with E-state index in [0.29, 0.717) is 16.5 Å². The molecule has 1 N–H and O–H groups in total. The fourth-order valence-corrected chi connectivity index (χ4v) is 2.34. The summed E-state index contributed by atoms with van der Waals surface area (Å²) in [6.45, 7) is 3.74. The zero-order valence-electron chi connectivity index (χ0n) is 10.8. The van der Waals surface area contributed by atoms with Gasteiger partial charge in [-0.3, -0.25) is 4.98 Å². The van der Waals surface area contributed by atoms with Gasteiger partial charge in [0.25, 0.3) is 0 Å². The summed E-state index contributed by atoms with van der Waals surface area (Å²) in [5.41, 5.74) is 0.953. The van der Waals surface area contributed by atoms with E-state index in [1.165, 1.54) is 11.8 Å². The first-order chi connectivity index (χ1) is 9.29. The van der Waals surface area contributed by atoms with Crippen molar-refractivity contribution in [2.24, 2.45) is 0 Å². The number of hydrogen-bond donors (Lipinski definition) is 1. The Morgan fingerprint density at radius 3 is 2.89 bits per heavy atom. The van der Waals surface area contributed by atoms with Gasteiger partial charge in [0.15, 0.2) is 0 Å². The Morgan fingerprint density at radius 1 is 1.32 bits per heavy atom. The molecule has 0 fully saturated rings. The molecule has 5 heteroatoms. The Morgan fingerprint density at radius 2 is 2.21 bits per heavy atom. The highest BCUT2D eigenvalue weighted by atomic mass is 32.2.